The van der Waals surface area contributed by atoms with Crippen LogP contribution in [-0.4, -0.2) is 34.6 Å². The Hall–Kier alpha value is -6.25. The number of aromatic nitrogens is 1. The molecule has 0 aliphatic heterocycles. The molecule has 1 atom stereocenters. The molecule has 4 aromatic carbocycles. The van der Waals surface area contributed by atoms with Crippen LogP contribution in [-0.2, 0) is 12.8 Å². The summed E-state index contributed by atoms with van der Waals surface area (Å²) in [5.74, 6) is 1.60. The van der Waals surface area contributed by atoms with Crippen molar-refractivity contribution in [1.29, 1.82) is 10.8 Å². The highest BCUT2D eigenvalue weighted by Gasteiger charge is 2.23. The molecule has 0 bridgehead atoms. The second-order valence-electron chi connectivity index (χ2n) is 14.0. The Balaban J connectivity index is 0.000000209. The van der Waals surface area contributed by atoms with Crippen LogP contribution >= 0.6 is 0 Å². The summed E-state index contributed by atoms with van der Waals surface area (Å²) in [4.78, 5) is 13.5. The molecule has 8 N–H and O–H groups in total. The number of aliphatic imine (C=N–C) groups is 2. The van der Waals surface area contributed by atoms with Crippen LogP contribution in [0.3, 0.4) is 0 Å². The number of hydrogen-bond donors (Lipinski definition) is 5. The third-order valence-electron chi connectivity index (χ3n) is 10.3. The van der Waals surface area contributed by atoms with Gasteiger partial charge in [0.25, 0.3) is 0 Å². The molecular weight excluding hydrogens is 701 g/mol. The molecule has 1 aromatic heterocycles. The van der Waals surface area contributed by atoms with Crippen LogP contribution in [0.25, 0.3) is 0 Å². The minimum Gasteiger partial charge on any atom is -0.383 e. The standard InChI is InChI=1S/C24H24N4.C23H26N4.C2H6/c25-23(15-17-11-13-27-14-12-17)21-9-1-2-10-22(21)24(26)28-20-8-4-7-19(16-20)18-5-3-6-18;1-2-16(13-14-24)15-21(25)19-9-5-6-10-20(19)23(26)27-22-12-11-17-7-3-4-8-18(17)22;1-2/h1-2,4,7-14,16,18,25H,3,5-6,15H2,(H2,26,28);2-10,13,22,25H,1,11-12,14-15,24H2,(H2,26,27);1-2H3/b;16-13+,25-21?;. The number of fused-ring (bicyclic) bond motifs is 1. The minimum atomic E-state index is 0.0873. The van der Waals surface area contributed by atoms with Gasteiger partial charge in [-0.1, -0.05) is 124 Å². The van der Waals surface area contributed by atoms with E-state index in [0.717, 1.165) is 51.9 Å². The highest BCUT2D eigenvalue weighted by atomic mass is 14.9. The first-order chi connectivity index (χ1) is 27.8. The highest BCUT2D eigenvalue weighted by Crippen LogP contribution is 2.37. The second-order valence-corrected chi connectivity index (χ2v) is 14.0. The number of amidine groups is 2. The molecule has 5 aromatic rings. The average molecular weight is 757 g/mol. The lowest BCUT2D eigenvalue weighted by Gasteiger charge is -2.25. The van der Waals surface area contributed by atoms with Gasteiger partial charge in [-0.3, -0.25) is 9.98 Å². The summed E-state index contributed by atoms with van der Waals surface area (Å²) in [7, 11) is 0. The van der Waals surface area contributed by atoms with Gasteiger partial charge < -0.3 is 28.0 Å². The lowest BCUT2D eigenvalue weighted by Crippen LogP contribution is -2.19. The van der Waals surface area contributed by atoms with Gasteiger partial charge in [0.1, 0.15) is 11.7 Å². The van der Waals surface area contributed by atoms with Crippen LogP contribution in [0.1, 0.15) is 102 Å². The van der Waals surface area contributed by atoms with Gasteiger partial charge >= 0.3 is 0 Å². The Morgan fingerprint density at radius 1 is 0.772 bits per heavy atom. The van der Waals surface area contributed by atoms with Crippen LogP contribution in [0.5, 0.6) is 0 Å². The molecule has 0 saturated heterocycles. The number of aryl methyl sites for hydroxylation is 1. The molecule has 0 amide bonds. The molecule has 2 aliphatic rings. The van der Waals surface area contributed by atoms with Crippen molar-refractivity contribution < 1.29 is 0 Å². The fraction of sp³-hybridized carbons (Fsp3) is 0.245. The molecular formula is C49H56N8. The van der Waals surface area contributed by atoms with E-state index in [2.05, 4.69) is 53.0 Å². The van der Waals surface area contributed by atoms with Crippen molar-refractivity contribution >= 4 is 28.8 Å². The molecule has 7 rings (SSSR count). The van der Waals surface area contributed by atoms with E-state index in [-0.39, 0.29) is 6.04 Å². The zero-order valence-corrected chi connectivity index (χ0v) is 33.3. The van der Waals surface area contributed by atoms with E-state index < -0.39 is 0 Å². The maximum Gasteiger partial charge on any atom is 0.132 e. The topological polar surface area (TPSA) is 163 Å². The summed E-state index contributed by atoms with van der Waals surface area (Å²) >= 11 is 0. The normalized spacial score (nSPS) is 15.2. The second kappa shape index (κ2) is 21.2. The number of hydrogen-bond acceptors (Lipinski definition) is 6. The van der Waals surface area contributed by atoms with Crippen LogP contribution in [0.15, 0.2) is 156 Å². The molecule has 2 aliphatic carbocycles. The SMILES string of the molecule is C=C/C(=C\CN)CC(=N)c1ccccc1C(N)=NC1CCc2ccccc21.CC.N=C(Cc1ccncc1)c1ccccc1C(N)=Nc1cccc(C2CCC2)c1. The third kappa shape index (κ3) is 11.2. The zero-order chi connectivity index (χ0) is 40.6. The lowest BCUT2D eigenvalue weighted by atomic mass is 9.80. The van der Waals surface area contributed by atoms with Gasteiger partial charge in [-0.05, 0) is 83.7 Å². The Morgan fingerprint density at radius 2 is 1.40 bits per heavy atom. The van der Waals surface area contributed by atoms with Crippen LogP contribution in [0, 0.1) is 10.8 Å². The molecule has 1 heterocycles. The molecule has 57 heavy (non-hydrogen) atoms. The molecule has 8 nitrogen and oxygen atoms in total. The highest BCUT2D eigenvalue weighted by molar-refractivity contribution is 6.12. The van der Waals surface area contributed by atoms with E-state index in [9.17, 15) is 0 Å². The van der Waals surface area contributed by atoms with E-state index in [1.54, 1.807) is 18.5 Å². The fourth-order valence-electron chi connectivity index (χ4n) is 7.11. The number of rotatable bonds is 13. The van der Waals surface area contributed by atoms with E-state index in [0.29, 0.717) is 48.4 Å². The first kappa shape index (κ1) is 41.9. The quantitative estimate of drug-likeness (QED) is 0.0459. The van der Waals surface area contributed by atoms with Gasteiger partial charge in [0.05, 0.1) is 11.7 Å². The van der Waals surface area contributed by atoms with Crippen LogP contribution < -0.4 is 17.2 Å². The predicted molar refractivity (Wildman–Crippen MR) is 239 cm³/mol. The third-order valence-corrected chi connectivity index (χ3v) is 10.3. The van der Waals surface area contributed by atoms with Gasteiger partial charge in [-0.15, -0.1) is 0 Å². The largest absolute Gasteiger partial charge is 0.383 e. The summed E-state index contributed by atoms with van der Waals surface area (Å²) in [6.45, 7) is 8.24. The van der Waals surface area contributed by atoms with Crippen molar-refractivity contribution in [2.75, 3.05) is 6.54 Å². The maximum atomic E-state index is 8.57. The molecule has 1 unspecified atom stereocenters. The lowest BCUT2D eigenvalue weighted by molar-refractivity contribution is 0.420. The number of nitrogens with one attached hydrogen (secondary N) is 2. The van der Waals surface area contributed by atoms with E-state index in [4.69, 9.17) is 33.0 Å². The maximum absolute atomic E-state index is 8.57. The van der Waals surface area contributed by atoms with Crippen molar-refractivity contribution in [3.8, 4) is 0 Å². The van der Waals surface area contributed by atoms with Crippen molar-refractivity contribution in [1.82, 2.24) is 4.98 Å². The van der Waals surface area contributed by atoms with Crippen LogP contribution in [0.4, 0.5) is 5.69 Å². The molecule has 0 radical (unpaired) electrons. The van der Waals surface area contributed by atoms with E-state index in [1.165, 1.54) is 36.0 Å². The van der Waals surface area contributed by atoms with Gasteiger partial charge in [0.2, 0.25) is 0 Å². The van der Waals surface area contributed by atoms with Gasteiger partial charge in [0.15, 0.2) is 0 Å². The first-order valence-corrected chi connectivity index (χ1v) is 19.9. The molecule has 1 saturated carbocycles. The molecule has 0 spiro atoms. The Morgan fingerprint density at radius 3 is 2.05 bits per heavy atom. The number of nitrogens with two attached hydrogens (primary N) is 3. The van der Waals surface area contributed by atoms with Gasteiger partial charge in [0, 0.05) is 65.5 Å². The van der Waals surface area contributed by atoms with E-state index >= 15 is 0 Å². The van der Waals surface area contributed by atoms with Gasteiger partial charge in [-0.2, -0.15) is 0 Å². The van der Waals surface area contributed by atoms with Crippen LogP contribution in [0.2, 0.25) is 0 Å². The summed E-state index contributed by atoms with van der Waals surface area (Å²) in [6, 6.07) is 36.2. The minimum absolute atomic E-state index is 0.0873. The Bertz CT molecular complexity index is 2230. The number of benzene rings is 4. The summed E-state index contributed by atoms with van der Waals surface area (Å²) in [5, 5.41) is 17.1. The monoisotopic (exact) mass is 756 g/mol. The average Bonchev–Trinajstić information content (AvgIpc) is 3.63. The summed E-state index contributed by atoms with van der Waals surface area (Å²) in [6.07, 6.45) is 14.0. The zero-order valence-electron chi connectivity index (χ0n) is 33.3. The van der Waals surface area contributed by atoms with Crippen molar-refractivity contribution in [3.05, 3.63) is 190 Å². The van der Waals surface area contributed by atoms with E-state index in [1.807, 2.05) is 92.7 Å². The molecule has 1 fully saturated rings. The predicted octanol–water partition coefficient (Wildman–Crippen LogP) is 9.93. The number of pyridine rings is 1. The number of nitrogens with zero attached hydrogens (tertiary/aromatic N) is 3. The van der Waals surface area contributed by atoms with Crippen molar-refractivity contribution in [3.63, 3.8) is 0 Å². The van der Waals surface area contributed by atoms with Gasteiger partial charge in [-0.25, -0.2) is 4.99 Å². The Labute approximate surface area is 338 Å². The van der Waals surface area contributed by atoms with Crippen molar-refractivity contribution in [2.45, 2.75) is 70.8 Å². The first-order valence-electron chi connectivity index (χ1n) is 19.9. The molecule has 8 heteroatoms. The fourth-order valence-corrected chi connectivity index (χ4v) is 7.11. The number of allylic oxidation sites excluding steroid dienone is 2. The smallest absolute Gasteiger partial charge is 0.132 e. The summed E-state index contributed by atoms with van der Waals surface area (Å²) < 4.78 is 0. The Kier molecular flexibility index (Phi) is 15.6. The van der Waals surface area contributed by atoms with Crippen molar-refractivity contribution in [2.24, 2.45) is 27.2 Å². The molecule has 292 valence electrons. The summed E-state index contributed by atoms with van der Waals surface area (Å²) in [5.41, 5.74) is 29.4.